The van der Waals surface area contributed by atoms with Crippen LogP contribution in [-0.4, -0.2) is 16.4 Å². The van der Waals surface area contributed by atoms with E-state index in [0.29, 0.717) is 0 Å². The molecule has 2 heterocycles. The van der Waals surface area contributed by atoms with Gasteiger partial charge in [0.2, 0.25) is 5.91 Å². The molecule has 1 fully saturated rings. The third-order valence-electron chi connectivity index (χ3n) is 3.83. The molecule has 4 heteroatoms. The van der Waals surface area contributed by atoms with Crippen LogP contribution in [0.15, 0.2) is 18.5 Å². The number of nitrogens with one attached hydrogen (secondary N) is 2. The second-order valence-corrected chi connectivity index (χ2v) is 5.00. The van der Waals surface area contributed by atoms with E-state index in [0.717, 1.165) is 37.1 Å². The summed E-state index contributed by atoms with van der Waals surface area (Å²) in [6.07, 6.45) is 10.0. The molecule has 0 unspecified atom stereocenters. The van der Waals surface area contributed by atoms with E-state index in [1.807, 2.05) is 6.07 Å². The molecule has 0 radical (unpaired) electrons. The van der Waals surface area contributed by atoms with Crippen LogP contribution in [0, 0.1) is 0 Å². The smallest absolute Gasteiger partial charge is 0.250 e. The SMILES string of the molecule is O=C1Nc2cnccc2NC12CCCCCC2. The van der Waals surface area contributed by atoms with Gasteiger partial charge in [-0.3, -0.25) is 9.78 Å². The number of hydrogen-bond acceptors (Lipinski definition) is 3. The average molecular weight is 231 g/mol. The van der Waals surface area contributed by atoms with E-state index < -0.39 is 0 Å². The van der Waals surface area contributed by atoms with E-state index in [9.17, 15) is 4.79 Å². The highest BCUT2D eigenvalue weighted by atomic mass is 16.2. The summed E-state index contributed by atoms with van der Waals surface area (Å²) in [5.74, 6) is 0.111. The van der Waals surface area contributed by atoms with Crippen LogP contribution in [0.4, 0.5) is 11.4 Å². The third-order valence-corrected chi connectivity index (χ3v) is 3.83. The Morgan fingerprint density at radius 3 is 2.65 bits per heavy atom. The van der Waals surface area contributed by atoms with Crippen LogP contribution in [0.1, 0.15) is 38.5 Å². The summed E-state index contributed by atoms with van der Waals surface area (Å²) >= 11 is 0. The van der Waals surface area contributed by atoms with Gasteiger partial charge >= 0.3 is 0 Å². The van der Waals surface area contributed by atoms with Crippen molar-refractivity contribution >= 4 is 17.3 Å². The Balaban J connectivity index is 1.95. The van der Waals surface area contributed by atoms with Crippen LogP contribution in [0.25, 0.3) is 0 Å². The topological polar surface area (TPSA) is 54.0 Å². The van der Waals surface area contributed by atoms with Crippen molar-refractivity contribution in [1.29, 1.82) is 0 Å². The fraction of sp³-hybridized carbons (Fsp3) is 0.538. The molecule has 1 amide bonds. The largest absolute Gasteiger partial charge is 0.369 e. The van der Waals surface area contributed by atoms with Crippen LogP contribution in [0.3, 0.4) is 0 Å². The van der Waals surface area contributed by atoms with Crippen molar-refractivity contribution in [3.63, 3.8) is 0 Å². The molecule has 90 valence electrons. The molecule has 0 saturated heterocycles. The van der Waals surface area contributed by atoms with Crippen molar-refractivity contribution in [1.82, 2.24) is 4.98 Å². The number of carbonyl (C=O) groups excluding carboxylic acids is 1. The second-order valence-electron chi connectivity index (χ2n) is 5.00. The zero-order valence-corrected chi connectivity index (χ0v) is 9.83. The van der Waals surface area contributed by atoms with E-state index in [-0.39, 0.29) is 11.4 Å². The quantitative estimate of drug-likeness (QED) is 0.721. The van der Waals surface area contributed by atoms with Crippen molar-refractivity contribution in [3.05, 3.63) is 18.5 Å². The zero-order valence-electron chi connectivity index (χ0n) is 9.83. The maximum atomic E-state index is 12.3. The number of pyridine rings is 1. The molecule has 17 heavy (non-hydrogen) atoms. The number of anilines is 2. The summed E-state index contributed by atoms with van der Waals surface area (Å²) in [6.45, 7) is 0. The summed E-state index contributed by atoms with van der Waals surface area (Å²) < 4.78 is 0. The Hall–Kier alpha value is -1.58. The van der Waals surface area contributed by atoms with Crippen LogP contribution in [0.2, 0.25) is 0 Å². The van der Waals surface area contributed by atoms with Crippen LogP contribution in [0.5, 0.6) is 0 Å². The number of fused-ring (bicyclic) bond motifs is 1. The molecule has 1 aliphatic carbocycles. The first kappa shape index (κ1) is 10.6. The first-order valence-corrected chi connectivity index (χ1v) is 6.34. The Labute approximate surface area is 101 Å². The van der Waals surface area contributed by atoms with Crippen molar-refractivity contribution in [2.45, 2.75) is 44.1 Å². The number of carbonyl (C=O) groups is 1. The van der Waals surface area contributed by atoms with Gasteiger partial charge in [0.1, 0.15) is 5.54 Å². The third kappa shape index (κ3) is 1.77. The van der Waals surface area contributed by atoms with Gasteiger partial charge in [-0.05, 0) is 18.9 Å². The lowest BCUT2D eigenvalue weighted by Gasteiger charge is -2.38. The molecule has 4 nitrogen and oxygen atoms in total. The highest BCUT2D eigenvalue weighted by Crippen LogP contribution is 2.37. The highest BCUT2D eigenvalue weighted by Gasteiger charge is 2.41. The Morgan fingerprint density at radius 2 is 1.88 bits per heavy atom. The minimum atomic E-state index is -0.384. The molecule has 1 spiro atoms. The molecule has 0 bridgehead atoms. The van der Waals surface area contributed by atoms with Crippen molar-refractivity contribution < 1.29 is 4.79 Å². The predicted molar refractivity (Wildman–Crippen MR) is 66.9 cm³/mol. The first-order chi connectivity index (χ1) is 8.30. The second kappa shape index (κ2) is 4.02. The summed E-state index contributed by atoms with van der Waals surface area (Å²) in [5, 5.41) is 6.43. The predicted octanol–water partition coefficient (Wildman–Crippen LogP) is 2.54. The minimum Gasteiger partial charge on any atom is -0.369 e. The molecule has 3 rings (SSSR count). The molecule has 2 aliphatic rings. The number of amides is 1. The molecule has 0 aromatic carbocycles. The molecule has 0 atom stereocenters. The van der Waals surface area contributed by atoms with E-state index >= 15 is 0 Å². The summed E-state index contributed by atoms with van der Waals surface area (Å²) in [7, 11) is 0. The van der Waals surface area contributed by atoms with E-state index in [4.69, 9.17) is 0 Å². The van der Waals surface area contributed by atoms with Crippen molar-refractivity contribution in [2.24, 2.45) is 0 Å². The van der Waals surface area contributed by atoms with Gasteiger partial charge in [-0.15, -0.1) is 0 Å². The average Bonchev–Trinajstić information content (AvgIpc) is 2.57. The van der Waals surface area contributed by atoms with E-state index in [2.05, 4.69) is 15.6 Å². The Morgan fingerprint density at radius 1 is 1.12 bits per heavy atom. The maximum Gasteiger partial charge on any atom is 0.250 e. The van der Waals surface area contributed by atoms with Crippen LogP contribution >= 0.6 is 0 Å². The van der Waals surface area contributed by atoms with Gasteiger partial charge in [-0.1, -0.05) is 25.7 Å². The lowest BCUT2D eigenvalue weighted by Crippen LogP contribution is -2.52. The van der Waals surface area contributed by atoms with Gasteiger partial charge in [-0.2, -0.15) is 0 Å². The van der Waals surface area contributed by atoms with Gasteiger partial charge in [0.05, 0.1) is 17.6 Å². The maximum absolute atomic E-state index is 12.3. The van der Waals surface area contributed by atoms with Crippen molar-refractivity contribution in [2.75, 3.05) is 10.6 Å². The summed E-state index contributed by atoms with van der Waals surface area (Å²) in [6, 6.07) is 1.93. The Bertz CT molecular complexity index is 436. The minimum absolute atomic E-state index is 0.111. The van der Waals surface area contributed by atoms with Gasteiger partial charge in [0.15, 0.2) is 0 Å². The molecule has 1 aliphatic heterocycles. The fourth-order valence-electron chi connectivity index (χ4n) is 2.84. The van der Waals surface area contributed by atoms with Gasteiger partial charge < -0.3 is 10.6 Å². The number of aromatic nitrogens is 1. The summed E-state index contributed by atoms with van der Waals surface area (Å²) in [5.41, 5.74) is 1.42. The monoisotopic (exact) mass is 231 g/mol. The molecule has 1 saturated carbocycles. The fourth-order valence-corrected chi connectivity index (χ4v) is 2.84. The molecule has 1 aromatic rings. The highest BCUT2D eigenvalue weighted by molar-refractivity contribution is 6.05. The van der Waals surface area contributed by atoms with Gasteiger partial charge in [-0.25, -0.2) is 0 Å². The molecule has 2 N–H and O–H groups in total. The van der Waals surface area contributed by atoms with E-state index in [1.54, 1.807) is 12.4 Å². The lowest BCUT2D eigenvalue weighted by atomic mass is 9.87. The summed E-state index contributed by atoms with van der Waals surface area (Å²) in [4.78, 5) is 16.3. The van der Waals surface area contributed by atoms with Crippen LogP contribution < -0.4 is 10.6 Å². The zero-order chi connectivity index (χ0) is 11.7. The standard InChI is InChI=1S/C13H17N3O/c17-12-13(6-3-1-2-4-7-13)16-10-5-8-14-9-11(10)15-12/h5,8-9,16H,1-4,6-7H2,(H,15,17). The Kier molecular flexibility index (Phi) is 2.50. The normalized spacial score (nSPS) is 22.2. The molecule has 1 aromatic heterocycles. The lowest BCUT2D eigenvalue weighted by molar-refractivity contribution is -0.121. The van der Waals surface area contributed by atoms with E-state index in [1.165, 1.54) is 12.8 Å². The number of rotatable bonds is 0. The number of nitrogens with zero attached hydrogens (tertiary/aromatic N) is 1. The number of hydrogen-bond donors (Lipinski definition) is 2. The van der Waals surface area contributed by atoms with Gasteiger partial charge in [0, 0.05) is 6.20 Å². The van der Waals surface area contributed by atoms with Gasteiger partial charge in [0.25, 0.3) is 0 Å². The molecular weight excluding hydrogens is 214 g/mol. The molecular formula is C13H17N3O. The van der Waals surface area contributed by atoms with Crippen LogP contribution in [-0.2, 0) is 4.79 Å². The van der Waals surface area contributed by atoms with Crippen molar-refractivity contribution in [3.8, 4) is 0 Å². The first-order valence-electron chi connectivity index (χ1n) is 6.34.